The first kappa shape index (κ1) is 13.2. The molecule has 0 bridgehead atoms. The van der Waals surface area contributed by atoms with Crippen LogP contribution in [0, 0.1) is 0 Å². The third-order valence-electron chi connectivity index (χ3n) is 2.53. The molecule has 2 nitrogen and oxygen atoms in total. The fourth-order valence-electron chi connectivity index (χ4n) is 1.72. The number of carbonyl (C=O) groups is 1. The number of carbonyl (C=O) groups excluding carboxylic acids is 1. The van der Waals surface area contributed by atoms with Crippen molar-refractivity contribution in [2.75, 3.05) is 0 Å². The molecule has 1 aromatic rings. The van der Waals surface area contributed by atoms with E-state index >= 15 is 0 Å². The molecule has 1 unspecified atom stereocenters. The van der Waals surface area contributed by atoms with Crippen LogP contribution in [0.1, 0.15) is 31.9 Å². The molecule has 88 valence electrons. The van der Waals surface area contributed by atoms with Gasteiger partial charge in [-0.2, -0.15) is 0 Å². The van der Waals surface area contributed by atoms with Crippen LogP contribution in [-0.2, 0) is 16.6 Å². The van der Waals surface area contributed by atoms with Crippen molar-refractivity contribution in [2.24, 2.45) is 5.73 Å². The van der Waals surface area contributed by atoms with Crippen LogP contribution in [0.5, 0.6) is 0 Å². The Morgan fingerprint density at radius 2 is 1.94 bits per heavy atom. The molecule has 0 aliphatic carbocycles. The highest BCUT2D eigenvalue weighted by atomic mass is 79.9. The van der Waals surface area contributed by atoms with Gasteiger partial charge in [-0.25, -0.2) is 0 Å². The summed E-state index contributed by atoms with van der Waals surface area (Å²) in [6.45, 7) is 6.50. The summed E-state index contributed by atoms with van der Waals surface area (Å²) in [5, 5.41) is 0. The minimum atomic E-state index is -0.316. The highest BCUT2D eigenvalue weighted by molar-refractivity contribution is 9.10. The molecule has 16 heavy (non-hydrogen) atoms. The van der Waals surface area contributed by atoms with Crippen molar-refractivity contribution in [1.29, 1.82) is 0 Å². The van der Waals surface area contributed by atoms with E-state index in [4.69, 9.17) is 5.73 Å². The molecule has 0 saturated heterocycles. The molecule has 2 N–H and O–H groups in total. The Kier molecular flexibility index (Phi) is 4.14. The van der Waals surface area contributed by atoms with Crippen LogP contribution >= 0.6 is 15.9 Å². The van der Waals surface area contributed by atoms with Crippen LogP contribution in [0.25, 0.3) is 0 Å². The molecule has 0 heterocycles. The highest BCUT2D eigenvalue weighted by Crippen LogP contribution is 2.27. The Hall–Kier alpha value is -0.830. The highest BCUT2D eigenvalue weighted by Gasteiger charge is 2.20. The van der Waals surface area contributed by atoms with Crippen LogP contribution in [0.15, 0.2) is 24.3 Å². The van der Waals surface area contributed by atoms with E-state index in [1.165, 1.54) is 11.1 Å². The van der Waals surface area contributed by atoms with Crippen LogP contribution in [0.2, 0.25) is 0 Å². The zero-order valence-corrected chi connectivity index (χ0v) is 11.5. The maximum Gasteiger partial charge on any atom is 0.231 e. The van der Waals surface area contributed by atoms with Crippen LogP contribution < -0.4 is 5.73 Å². The van der Waals surface area contributed by atoms with Gasteiger partial charge in [-0.3, -0.25) is 4.79 Å². The van der Waals surface area contributed by atoms with Gasteiger partial charge in [0.25, 0.3) is 0 Å². The number of primary amides is 1. The quantitative estimate of drug-likeness (QED) is 0.852. The Balaban J connectivity index is 3.01. The number of rotatable bonds is 3. The zero-order valence-electron chi connectivity index (χ0n) is 9.96. The summed E-state index contributed by atoms with van der Waals surface area (Å²) < 4.78 is 0. The van der Waals surface area contributed by atoms with Crippen molar-refractivity contribution in [3.8, 4) is 0 Å². The van der Waals surface area contributed by atoms with E-state index in [0.29, 0.717) is 6.42 Å². The molecule has 1 atom stereocenters. The van der Waals surface area contributed by atoms with Gasteiger partial charge in [0.15, 0.2) is 0 Å². The summed E-state index contributed by atoms with van der Waals surface area (Å²) in [5.41, 5.74) is 7.78. The Morgan fingerprint density at radius 3 is 2.44 bits per heavy atom. The number of hydrogen-bond donors (Lipinski definition) is 1. The average Bonchev–Trinajstić information content (AvgIpc) is 2.16. The van der Waals surface area contributed by atoms with E-state index in [1.54, 1.807) is 0 Å². The minimum absolute atomic E-state index is 0.0843. The van der Waals surface area contributed by atoms with Gasteiger partial charge in [0.2, 0.25) is 5.91 Å². The maximum absolute atomic E-state index is 11.0. The molecule has 0 fully saturated rings. The second-order valence-corrected chi connectivity index (χ2v) is 6.09. The first-order valence-corrected chi connectivity index (χ1v) is 6.25. The average molecular weight is 284 g/mol. The molecule has 0 radical (unpaired) electrons. The molecule has 0 aliphatic heterocycles. The molecule has 0 spiro atoms. The monoisotopic (exact) mass is 283 g/mol. The third kappa shape index (κ3) is 3.34. The van der Waals surface area contributed by atoms with Crippen molar-refractivity contribution in [1.82, 2.24) is 0 Å². The topological polar surface area (TPSA) is 43.1 Å². The summed E-state index contributed by atoms with van der Waals surface area (Å²) in [7, 11) is 0. The fourth-order valence-corrected chi connectivity index (χ4v) is 2.07. The number of alkyl halides is 1. The summed E-state index contributed by atoms with van der Waals surface area (Å²) in [4.78, 5) is 10.7. The van der Waals surface area contributed by atoms with Gasteiger partial charge in [-0.15, -0.1) is 0 Å². The molecule has 0 aromatic heterocycles. The fraction of sp³-hybridized carbons (Fsp3) is 0.462. The molecule has 1 amide bonds. The van der Waals surface area contributed by atoms with E-state index < -0.39 is 0 Å². The summed E-state index contributed by atoms with van der Waals surface area (Å²) in [6.07, 6.45) is 0.642. The zero-order chi connectivity index (χ0) is 12.3. The minimum Gasteiger partial charge on any atom is -0.369 e. The van der Waals surface area contributed by atoms with Gasteiger partial charge in [0.05, 0.1) is 4.83 Å². The lowest BCUT2D eigenvalue weighted by molar-refractivity contribution is -0.117. The number of halogens is 1. The molecule has 0 aliphatic rings. The predicted molar refractivity (Wildman–Crippen MR) is 70.8 cm³/mol. The number of amides is 1. The lowest BCUT2D eigenvalue weighted by Crippen LogP contribution is -2.26. The van der Waals surface area contributed by atoms with Gasteiger partial charge in [-0.1, -0.05) is 61.0 Å². The van der Waals surface area contributed by atoms with E-state index in [2.05, 4.69) is 48.8 Å². The molecule has 1 rings (SSSR count). The SMILES string of the molecule is CC(C)(C)c1ccccc1CC(Br)C(N)=O. The Bertz CT molecular complexity index is 382. The van der Waals surface area contributed by atoms with Crippen molar-refractivity contribution >= 4 is 21.8 Å². The number of nitrogens with two attached hydrogens (primary N) is 1. The Morgan fingerprint density at radius 1 is 1.38 bits per heavy atom. The van der Waals surface area contributed by atoms with Crippen molar-refractivity contribution in [3.05, 3.63) is 35.4 Å². The second kappa shape index (κ2) is 5.00. The van der Waals surface area contributed by atoms with Crippen LogP contribution in [0.3, 0.4) is 0 Å². The second-order valence-electron chi connectivity index (χ2n) is 4.98. The lowest BCUT2D eigenvalue weighted by atomic mass is 9.82. The van der Waals surface area contributed by atoms with Gasteiger partial charge >= 0.3 is 0 Å². The summed E-state index contributed by atoms with van der Waals surface area (Å²) in [6, 6.07) is 8.18. The van der Waals surface area contributed by atoms with Gasteiger partial charge < -0.3 is 5.73 Å². The smallest absolute Gasteiger partial charge is 0.231 e. The third-order valence-corrected chi connectivity index (χ3v) is 3.31. The molecular weight excluding hydrogens is 266 g/mol. The van der Waals surface area contributed by atoms with Crippen LogP contribution in [-0.4, -0.2) is 10.7 Å². The molecular formula is C13H18BrNO. The number of hydrogen-bond acceptors (Lipinski definition) is 1. The van der Waals surface area contributed by atoms with Crippen molar-refractivity contribution in [3.63, 3.8) is 0 Å². The molecule has 0 saturated carbocycles. The van der Waals surface area contributed by atoms with E-state index in [0.717, 1.165) is 0 Å². The standard InChI is InChI=1S/C13H18BrNO/c1-13(2,3)10-7-5-4-6-9(10)8-11(14)12(15)16/h4-7,11H,8H2,1-3H3,(H2,15,16). The van der Waals surface area contributed by atoms with Gasteiger partial charge in [-0.05, 0) is 23.0 Å². The number of benzene rings is 1. The summed E-state index contributed by atoms with van der Waals surface area (Å²) in [5.74, 6) is -0.316. The van der Waals surface area contributed by atoms with Crippen LogP contribution in [0.4, 0.5) is 0 Å². The normalized spacial score (nSPS) is 13.5. The first-order chi connectivity index (χ1) is 7.32. The molecule has 1 aromatic carbocycles. The van der Waals surface area contributed by atoms with Gasteiger partial charge in [0.1, 0.15) is 0 Å². The van der Waals surface area contributed by atoms with E-state index in [1.807, 2.05) is 12.1 Å². The van der Waals surface area contributed by atoms with Crippen molar-refractivity contribution < 1.29 is 4.79 Å². The Labute approximate surface area is 105 Å². The largest absolute Gasteiger partial charge is 0.369 e. The summed E-state index contributed by atoms with van der Waals surface area (Å²) >= 11 is 3.31. The predicted octanol–water partition coefficient (Wildman–Crippen LogP) is 2.78. The maximum atomic E-state index is 11.0. The van der Waals surface area contributed by atoms with E-state index in [9.17, 15) is 4.79 Å². The van der Waals surface area contributed by atoms with E-state index in [-0.39, 0.29) is 16.1 Å². The van der Waals surface area contributed by atoms with Gasteiger partial charge in [0, 0.05) is 0 Å². The lowest BCUT2D eigenvalue weighted by Gasteiger charge is -2.23. The molecule has 3 heteroatoms. The van der Waals surface area contributed by atoms with Crippen molar-refractivity contribution in [2.45, 2.75) is 37.4 Å². The first-order valence-electron chi connectivity index (χ1n) is 5.34.